The van der Waals surface area contributed by atoms with Crippen LogP contribution >= 0.6 is 15.9 Å². The quantitative estimate of drug-likeness (QED) is 0.798. The lowest BCUT2D eigenvalue weighted by molar-refractivity contribution is -0.144. The maximum Gasteiger partial charge on any atom is 0.309 e. The molecule has 2 atom stereocenters. The molecule has 1 aliphatic rings. The second kappa shape index (κ2) is 4.53. The lowest BCUT2D eigenvalue weighted by Gasteiger charge is -2.03. The van der Waals surface area contributed by atoms with Gasteiger partial charge in [0.25, 0.3) is 0 Å². The molecular formula is C12H12BrFO2. The highest BCUT2D eigenvalue weighted by Gasteiger charge is 2.46. The largest absolute Gasteiger partial charge is 0.466 e. The second-order valence-electron chi connectivity index (χ2n) is 3.87. The monoisotopic (exact) mass is 286 g/mol. The van der Waals surface area contributed by atoms with Crippen molar-refractivity contribution < 1.29 is 13.9 Å². The van der Waals surface area contributed by atoms with Crippen LogP contribution in [0.5, 0.6) is 0 Å². The second-order valence-corrected chi connectivity index (χ2v) is 4.78. The van der Waals surface area contributed by atoms with Gasteiger partial charge in [0, 0.05) is 10.4 Å². The zero-order valence-electron chi connectivity index (χ0n) is 8.87. The van der Waals surface area contributed by atoms with Crippen molar-refractivity contribution in [3.8, 4) is 0 Å². The highest BCUT2D eigenvalue weighted by atomic mass is 79.9. The SMILES string of the molecule is CCOC(=O)[C@@H]1C[C@@H]1c1ccc(Br)cc1F. The fourth-order valence-electron chi connectivity index (χ4n) is 1.85. The maximum atomic E-state index is 13.6. The summed E-state index contributed by atoms with van der Waals surface area (Å²) in [5.41, 5.74) is 0.612. The Balaban J connectivity index is 2.08. The highest BCUT2D eigenvalue weighted by molar-refractivity contribution is 9.10. The number of rotatable bonds is 3. The molecule has 16 heavy (non-hydrogen) atoms. The van der Waals surface area contributed by atoms with Crippen LogP contribution in [0.25, 0.3) is 0 Å². The van der Waals surface area contributed by atoms with Gasteiger partial charge >= 0.3 is 5.97 Å². The van der Waals surface area contributed by atoms with Crippen LogP contribution in [0.3, 0.4) is 0 Å². The lowest BCUT2D eigenvalue weighted by atomic mass is 10.1. The molecule has 0 bridgehead atoms. The minimum absolute atomic E-state index is 0.00727. The molecule has 0 saturated heterocycles. The zero-order chi connectivity index (χ0) is 11.7. The number of esters is 1. The first kappa shape index (κ1) is 11.6. The van der Waals surface area contributed by atoms with E-state index in [4.69, 9.17) is 4.74 Å². The summed E-state index contributed by atoms with van der Waals surface area (Å²) in [4.78, 5) is 11.4. The first-order valence-electron chi connectivity index (χ1n) is 5.25. The van der Waals surface area contributed by atoms with Crippen LogP contribution in [0.15, 0.2) is 22.7 Å². The van der Waals surface area contributed by atoms with Gasteiger partial charge in [-0.2, -0.15) is 0 Å². The van der Waals surface area contributed by atoms with Crippen LogP contribution in [-0.4, -0.2) is 12.6 Å². The first-order valence-corrected chi connectivity index (χ1v) is 6.04. The number of carbonyl (C=O) groups is 1. The number of benzene rings is 1. The van der Waals surface area contributed by atoms with Gasteiger partial charge in [0.05, 0.1) is 12.5 Å². The molecule has 2 rings (SSSR count). The molecule has 0 aromatic heterocycles. The third kappa shape index (κ3) is 2.26. The summed E-state index contributed by atoms with van der Waals surface area (Å²) in [6, 6.07) is 4.94. The maximum absolute atomic E-state index is 13.6. The Morgan fingerprint density at radius 3 is 3.00 bits per heavy atom. The molecule has 0 radical (unpaired) electrons. The lowest BCUT2D eigenvalue weighted by Crippen LogP contribution is -2.07. The van der Waals surface area contributed by atoms with E-state index in [1.165, 1.54) is 6.07 Å². The van der Waals surface area contributed by atoms with Crippen LogP contribution in [-0.2, 0) is 9.53 Å². The molecule has 1 fully saturated rings. The van der Waals surface area contributed by atoms with Crippen molar-refractivity contribution in [1.29, 1.82) is 0 Å². The summed E-state index contributed by atoms with van der Waals surface area (Å²) in [7, 11) is 0. The van der Waals surface area contributed by atoms with Gasteiger partial charge in [-0.25, -0.2) is 4.39 Å². The zero-order valence-corrected chi connectivity index (χ0v) is 10.5. The summed E-state index contributed by atoms with van der Waals surface area (Å²) in [6.45, 7) is 2.15. The van der Waals surface area contributed by atoms with Gasteiger partial charge in [0.15, 0.2) is 0 Å². The molecule has 1 saturated carbocycles. The van der Waals surface area contributed by atoms with Crippen molar-refractivity contribution in [2.45, 2.75) is 19.3 Å². The molecule has 86 valence electrons. The van der Waals surface area contributed by atoms with E-state index in [-0.39, 0.29) is 23.6 Å². The van der Waals surface area contributed by atoms with Crippen molar-refractivity contribution in [2.75, 3.05) is 6.61 Å². The molecule has 0 spiro atoms. The Hall–Kier alpha value is -0.900. The summed E-state index contributed by atoms with van der Waals surface area (Å²) in [5.74, 6) is -0.635. The Morgan fingerprint density at radius 2 is 2.38 bits per heavy atom. The summed E-state index contributed by atoms with van der Waals surface area (Å²) in [5, 5.41) is 0. The van der Waals surface area contributed by atoms with Crippen molar-refractivity contribution in [3.63, 3.8) is 0 Å². The van der Waals surface area contributed by atoms with E-state index in [1.54, 1.807) is 19.1 Å². The van der Waals surface area contributed by atoms with E-state index < -0.39 is 0 Å². The van der Waals surface area contributed by atoms with E-state index >= 15 is 0 Å². The summed E-state index contributed by atoms with van der Waals surface area (Å²) in [6.07, 6.45) is 0.692. The van der Waals surface area contributed by atoms with Crippen LogP contribution in [0.1, 0.15) is 24.8 Å². The fraction of sp³-hybridized carbons (Fsp3) is 0.417. The Bertz CT molecular complexity index is 419. The number of halogens is 2. The van der Waals surface area contributed by atoms with Crippen molar-refractivity contribution in [2.24, 2.45) is 5.92 Å². The number of hydrogen-bond donors (Lipinski definition) is 0. The van der Waals surface area contributed by atoms with E-state index in [0.717, 1.165) is 0 Å². The van der Waals surface area contributed by atoms with E-state index in [2.05, 4.69) is 15.9 Å². The fourth-order valence-corrected chi connectivity index (χ4v) is 2.18. The molecule has 0 N–H and O–H groups in total. The Morgan fingerprint density at radius 1 is 1.62 bits per heavy atom. The molecule has 4 heteroatoms. The molecule has 0 heterocycles. The molecule has 1 aliphatic carbocycles. The minimum Gasteiger partial charge on any atom is -0.466 e. The molecule has 0 unspecified atom stereocenters. The molecule has 0 aliphatic heterocycles. The minimum atomic E-state index is -0.258. The first-order chi connectivity index (χ1) is 7.63. The third-order valence-corrected chi connectivity index (χ3v) is 3.24. The van der Waals surface area contributed by atoms with Gasteiger partial charge in [-0.3, -0.25) is 4.79 Å². The number of hydrogen-bond acceptors (Lipinski definition) is 2. The predicted octanol–water partition coefficient (Wildman–Crippen LogP) is 3.25. The van der Waals surface area contributed by atoms with Crippen LogP contribution in [0, 0.1) is 11.7 Å². The van der Waals surface area contributed by atoms with Crippen molar-refractivity contribution >= 4 is 21.9 Å². The molecule has 1 aromatic rings. The van der Waals surface area contributed by atoms with Crippen LogP contribution in [0.4, 0.5) is 4.39 Å². The predicted molar refractivity (Wildman–Crippen MR) is 61.6 cm³/mol. The van der Waals surface area contributed by atoms with Crippen LogP contribution in [0.2, 0.25) is 0 Å². The van der Waals surface area contributed by atoms with Gasteiger partial charge < -0.3 is 4.74 Å². The summed E-state index contributed by atoms with van der Waals surface area (Å²) >= 11 is 3.20. The van der Waals surface area contributed by atoms with Gasteiger partial charge in [-0.15, -0.1) is 0 Å². The number of ether oxygens (including phenoxy) is 1. The Labute approximate surface area is 102 Å². The van der Waals surface area contributed by atoms with Crippen molar-refractivity contribution in [1.82, 2.24) is 0 Å². The van der Waals surface area contributed by atoms with Gasteiger partial charge in [0.2, 0.25) is 0 Å². The van der Waals surface area contributed by atoms with Gasteiger partial charge in [-0.05, 0) is 31.0 Å². The summed E-state index contributed by atoms with van der Waals surface area (Å²) < 4.78 is 19.2. The topological polar surface area (TPSA) is 26.3 Å². The molecular weight excluding hydrogens is 275 g/mol. The standard InChI is InChI=1S/C12H12BrFO2/c1-2-16-12(15)10-6-9(10)8-4-3-7(13)5-11(8)14/h3-5,9-10H,2,6H2,1H3/t9-,10-/m1/s1. The van der Waals surface area contributed by atoms with Gasteiger partial charge in [0.1, 0.15) is 5.82 Å². The number of carbonyl (C=O) groups excluding carboxylic acids is 1. The molecule has 2 nitrogen and oxygen atoms in total. The third-order valence-electron chi connectivity index (χ3n) is 2.74. The van der Waals surface area contributed by atoms with E-state index in [0.29, 0.717) is 23.1 Å². The Kier molecular flexibility index (Phi) is 3.28. The highest BCUT2D eigenvalue weighted by Crippen LogP contribution is 2.49. The average Bonchev–Trinajstić information content (AvgIpc) is 2.98. The molecule has 1 aromatic carbocycles. The van der Waals surface area contributed by atoms with Gasteiger partial charge in [-0.1, -0.05) is 22.0 Å². The van der Waals surface area contributed by atoms with E-state index in [9.17, 15) is 9.18 Å². The smallest absolute Gasteiger partial charge is 0.309 e. The normalized spacial score (nSPS) is 22.9. The van der Waals surface area contributed by atoms with E-state index in [1.807, 2.05) is 0 Å². The van der Waals surface area contributed by atoms with Crippen LogP contribution < -0.4 is 0 Å². The average molecular weight is 287 g/mol. The molecule has 0 amide bonds. The van der Waals surface area contributed by atoms with Crippen molar-refractivity contribution in [3.05, 3.63) is 34.1 Å².